The molecule has 1 aliphatic rings. The minimum absolute atomic E-state index is 0.317. The van der Waals surface area contributed by atoms with Crippen molar-refractivity contribution in [1.29, 1.82) is 0 Å². The van der Waals surface area contributed by atoms with Crippen LogP contribution in [0, 0.1) is 5.82 Å². The fourth-order valence-corrected chi connectivity index (χ4v) is 2.94. The van der Waals surface area contributed by atoms with Crippen molar-refractivity contribution in [3.8, 4) is 5.75 Å². The predicted octanol–water partition coefficient (Wildman–Crippen LogP) is 3.39. The summed E-state index contributed by atoms with van der Waals surface area (Å²) in [5.74, 6) is 0.0190. The highest BCUT2D eigenvalue weighted by molar-refractivity contribution is 5.37. The van der Waals surface area contributed by atoms with Gasteiger partial charge >= 0.3 is 0 Å². The molecule has 0 heterocycles. The van der Waals surface area contributed by atoms with Crippen molar-refractivity contribution < 1.29 is 9.13 Å². The first kappa shape index (κ1) is 14.1. The summed E-state index contributed by atoms with van der Waals surface area (Å²) in [6, 6.07) is 11.4. The van der Waals surface area contributed by atoms with Gasteiger partial charge in [0.05, 0.1) is 0 Å². The van der Waals surface area contributed by atoms with E-state index in [2.05, 4.69) is 18.2 Å². The number of hydrogen-bond donors (Lipinski definition) is 1. The minimum atomic E-state index is -0.317. The van der Waals surface area contributed by atoms with Gasteiger partial charge in [-0.1, -0.05) is 30.3 Å². The fourth-order valence-electron chi connectivity index (χ4n) is 2.94. The van der Waals surface area contributed by atoms with Crippen LogP contribution in [0.3, 0.4) is 0 Å². The minimum Gasteiger partial charge on any atom is -0.486 e. The molecule has 0 bridgehead atoms. The van der Waals surface area contributed by atoms with Crippen LogP contribution < -0.4 is 10.5 Å². The van der Waals surface area contributed by atoms with E-state index >= 15 is 0 Å². The molecule has 2 aromatic rings. The number of ether oxygens (including phenoxy) is 1. The Morgan fingerprint density at radius 3 is 2.81 bits per heavy atom. The van der Waals surface area contributed by atoms with Gasteiger partial charge in [-0.15, -0.1) is 0 Å². The second kappa shape index (κ2) is 6.27. The van der Waals surface area contributed by atoms with Gasteiger partial charge in [-0.3, -0.25) is 0 Å². The van der Waals surface area contributed by atoms with Crippen LogP contribution in [0.5, 0.6) is 5.75 Å². The van der Waals surface area contributed by atoms with E-state index in [9.17, 15) is 4.39 Å². The molecule has 2 aromatic carbocycles. The molecule has 0 atom stereocenters. The number of nitrogens with two attached hydrogens (primary N) is 1. The van der Waals surface area contributed by atoms with Crippen molar-refractivity contribution in [1.82, 2.24) is 0 Å². The maximum absolute atomic E-state index is 13.9. The number of aryl methyl sites for hydroxylation is 2. The molecule has 3 heteroatoms. The summed E-state index contributed by atoms with van der Waals surface area (Å²) >= 11 is 0. The summed E-state index contributed by atoms with van der Waals surface area (Å²) in [5.41, 5.74) is 10.3. The Labute approximate surface area is 124 Å². The average Bonchev–Trinajstić information content (AvgIpc) is 2.94. The van der Waals surface area contributed by atoms with E-state index in [1.54, 1.807) is 6.07 Å². The summed E-state index contributed by atoms with van der Waals surface area (Å²) in [6.45, 7) is 0.879. The number of rotatable bonds is 5. The maximum atomic E-state index is 13.9. The summed E-state index contributed by atoms with van der Waals surface area (Å²) in [5, 5.41) is 0. The van der Waals surface area contributed by atoms with E-state index in [0.29, 0.717) is 25.3 Å². The van der Waals surface area contributed by atoms with Gasteiger partial charge < -0.3 is 10.5 Å². The first-order valence-corrected chi connectivity index (χ1v) is 7.49. The predicted molar refractivity (Wildman–Crippen MR) is 82.0 cm³/mol. The molecule has 0 unspecified atom stereocenters. The molecule has 0 saturated carbocycles. The number of halogens is 1. The highest BCUT2D eigenvalue weighted by Crippen LogP contribution is 2.26. The molecular formula is C18H20FNO. The molecule has 110 valence electrons. The monoisotopic (exact) mass is 285 g/mol. The molecule has 0 spiro atoms. The zero-order valence-electron chi connectivity index (χ0n) is 12.1. The molecular weight excluding hydrogens is 265 g/mol. The smallest absolute Gasteiger partial charge is 0.165 e. The van der Waals surface area contributed by atoms with Crippen molar-refractivity contribution in [3.05, 3.63) is 64.5 Å². The Morgan fingerprint density at radius 1 is 1.10 bits per heavy atom. The van der Waals surface area contributed by atoms with Gasteiger partial charge in [-0.25, -0.2) is 4.39 Å². The average molecular weight is 285 g/mol. The van der Waals surface area contributed by atoms with Crippen molar-refractivity contribution in [2.24, 2.45) is 5.73 Å². The van der Waals surface area contributed by atoms with Crippen LogP contribution >= 0.6 is 0 Å². The lowest BCUT2D eigenvalue weighted by molar-refractivity contribution is 0.287. The summed E-state index contributed by atoms with van der Waals surface area (Å²) in [7, 11) is 0. The Kier molecular flexibility index (Phi) is 4.20. The number of hydrogen-bond acceptors (Lipinski definition) is 2. The van der Waals surface area contributed by atoms with E-state index < -0.39 is 0 Å². The molecule has 0 amide bonds. The van der Waals surface area contributed by atoms with E-state index in [1.807, 2.05) is 6.07 Å². The number of para-hydroxylation sites is 1. The van der Waals surface area contributed by atoms with Gasteiger partial charge in [-0.2, -0.15) is 0 Å². The van der Waals surface area contributed by atoms with Gasteiger partial charge in [0.1, 0.15) is 6.61 Å². The zero-order valence-corrected chi connectivity index (χ0v) is 12.1. The van der Waals surface area contributed by atoms with Gasteiger partial charge in [-0.05, 0) is 60.5 Å². The van der Waals surface area contributed by atoms with E-state index in [-0.39, 0.29) is 5.82 Å². The van der Waals surface area contributed by atoms with Crippen molar-refractivity contribution in [3.63, 3.8) is 0 Å². The number of fused-ring (bicyclic) bond motifs is 1. The van der Waals surface area contributed by atoms with Crippen LogP contribution in [-0.2, 0) is 25.9 Å². The van der Waals surface area contributed by atoms with Crippen LogP contribution in [0.4, 0.5) is 4.39 Å². The van der Waals surface area contributed by atoms with Gasteiger partial charge in [0, 0.05) is 0 Å². The SMILES string of the molecule is NCCc1cccc(F)c1OCc1ccc2c(c1)CCC2. The van der Waals surface area contributed by atoms with Gasteiger partial charge in [0.25, 0.3) is 0 Å². The van der Waals surface area contributed by atoms with Crippen molar-refractivity contribution >= 4 is 0 Å². The number of benzene rings is 2. The molecule has 0 fully saturated rings. The van der Waals surface area contributed by atoms with Crippen LogP contribution in [-0.4, -0.2) is 6.54 Å². The van der Waals surface area contributed by atoms with Crippen LogP contribution in [0.25, 0.3) is 0 Å². The Balaban J connectivity index is 1.76. The highest BCUT2D eigenvalue weighted by atomic mass is 19.1. The first-order valence-electron chi connectivity index (χ1n) is 7.49. The molecule has 21 heavy (non-hydrogen) atoms. The van der Waals surface area contributed by atoms with E-state index in [4.69, 9.17) is 10.5 Å². The van der Waals surface area contributed by atoms with Crippen molar-refractivity contribution in [2.45, 2.75) is 32.3 Å². The first-order chi connectivity index (χ1) is 10.3. The van der Waals surface area contributed by atoms with E-state index in [1.165, 1.54) is 30.0 Å². The lowest BCUT2D eigenvalue weighted by atomic mass is 10.1. The Morgan fingerprint density at radius 2 is 1.95 bits per heavy atom. The largest absolute Gasteiger partial charge is 0.486 e. The van der Waals surface area contributed by atoms with Gasteiger partial charge in [0.15, 0.2) is 11.6 Å². The van der Waals surface area contributed by atoms with Crippen molar-refractivity contribution in [2.75, 3.05) is 6.54 Å². The maximum Gasteiger partial charge on any atom is 0.165 e. The third kappa shape index (κ3) is 3.08. The molecule has 1 aliphatic carbocycles. The molecule has 2 N–H and O–H groups in total. The fraction of sp³-hybridized carbons (Fsp3) is 0.333. The molecule has 0 saturated heterocycles. The van der Waals surface area contributed by atoms with Crippen LogP contribution in [0.15, 0.2) is 36.4 Å². The molecule has 0 aliphatic heterocycles. The molecule has 3 rings (SSSR count). The lowest BCUT2D eigenvalue weighted by Gasteiger charge is -2.12. The third-order valence-corrected chi connectivity index (χ3v) is 4.01. The quantitative estimate of drug-likeness (QED) is 0.914. The summed E-state index contributed by atoms with van der Waals surface area (Å²) < 4.78 is 19.7. The second-order valence-corrected chi connectivity index (χ2v) is 5.51. The van der Waals surface area contributed by atoms with Gasteiger partial charge in [0.2, 0.25) is 0 Å². The zero-order chi connectivity index (χ0) is 14.7. The topological polar surface area (TPSA) is 35.2 Å². The molecule has 0 radical (unpaired) electrons. The normalized spacial score (nSPS) is 13.2. The molecule has 0 aromatic heterocycles. The van der Waals surface area contributed by atoms with E-state index in [0.717, 1.165) is 17.5 Å². The summed E-state index contributed by atoms with van der Waals surface area (Å²) in [4.78, 5) is 0. The van der Waals surface area contributed by atoms with Crippen LogP contribution in [0.1, 0.15) is 28.7 Å². The highest BCUT2D eigenvalue weighted by Gasteiger charge is 2.12. The summed E-state index contributed by atoms with van der Waals surface area (Å²) in [6.07, 6.45) is 4.16. The molecule has 2 nitrogen and oxygen atoms in total. The third-order valence-electron chi connectivity index (χ3n) is 4.01. The Bertz CT molecular complexity index is 639. The second-order valence-electron chi connectivity index (χ2n) is 5.51. The lowest BCUT2D eigenvalue weighted by Crippen LogP contribution is -2.07. The Hall–Kier alpha value is -1.87. The van der Waals surface area contributed by atoms with Crippen LogP contribution in [0.2, 0.25) is 0 Å². The standard InChI is InChI=1S/C18H20FNO/c19-17-6-2-4-15(9-10-20)18(17)21-12-13-7-8-14-3-1-5-16(14)11-13/h2,4,6-8,11H,1,3,5,9-10,12,20H2.